The van der Waals surface area contributed by atoms with Crippen LogP contribution in [0.1, 0.15) is 406 Å². The number of likely N-dealkylation sites (N-methyl/N-ethyl adjacent to an activating group) is 1. The van der Waals surface area contributed by atoms with E-state index in [1.165, 1.54) is 340 Å². The second-order valence-corrected chi connectivity index (χ2v) is 28.8. The summed E-state index contributed by atoms with van der Waals surface area (Å²) in [5.41, 5.74) is 0. The van der Waals surface area contributed by atoms with Crippen LogP contribution < -0.4 is 4.89 Å². The number of nitrogens with zero attached hydrogens (tertiary/aromatic N) is 1. The molecule has 0 aliphatic heterocycles. The van der Waals surface area contributed by atoms with Gasteiger partial charge < -0.3 is 27.9 Å². The maximum Gasteiger partial charge on any atom is 0.306 e. The van der Waals surface area contributed by atoms with E-state index < -0.39 is 26.5 Å². The Balaban J connectivity index is 3.93. The van der Waals surface area contributed by atoms with Crippen molar-refractivity contribution in [2.24, 2.45) is 0 Å². The molecule has 0 saturated carbocycles. The summed E-state index contributed by atoms with van der Waals surface area (Å²) in [5, 5.41) is 0. The second-order valence-electron chi connectivity index (χ2n) is 27.4. The molecule has 0 N–H and O–H groups in total. The summed E-state index contributed by atoms with van der Waals surface area (Å²) in [4.78, 5) is 38.1. The van der Waals surface area contributed by atoms with Crippen LogP contribution >= 0.6 is 7.82 Å². The SMILES string of the molecule is CCCCCCCCCC/C=C\CCCCCCCCCCCCCCCCCCCC(=O)OC(COC(=O)CCCCCCCCCCCCCCCCCCCCCCCCCCCCCCCCCC)COP(=O)([O-])OCC[N+](C)(C)C. The molecule has 0 aliphatic rings. The standard InChI is InChI=1S/C75H148NO8P/c1-6-8-10-12-14-16-18-20-22-24-26-28-30-32-34-36-37-38-40-41-43-45-47-49-51-53-55-57-59-61-63-65-67-74(77)81-71-73(72-83-85(79,80)82-70-69-76(3,4)5)84-75(78)68-66-64-62-60-58-56-54-52-50-48-46-44-42-39-35-33-31-29-27-25-23-21-19-17-15-13-11-9-7-2/h25,27,73H,6-24,26,28-72H2,1-5H3/b27-25-. The molecule has 0 fully saturated rings. The molecule has 0 rings (SSSR count). The van der Waals surface area contributed by atoms with Gasteiger partial charge in [-0.25, -0.2) is 0 Å². The van der Waals surface area contributed by atoms with Crippen molar-refractivity contribution in [1.82, 2.24) is 0 Å². The van der Waals surface area contributed by atoms with Gasteiger partial charge in [-0.3, -0.25) is 14.2 Å². The number of hydrogen-bond acceptors (Lipinski definition) is 8. The van der Waals surface area contributed by atoms with Crippen molar-refractivity contribution in [3.05, 3.63) is 12.2 Å². The van der Waals surface area contributed by atoms with Gasteiger partial charge in [-0.1, -0.05) is 366 Å². The summed E-state index contributed by atoms with van der Waals surface area (Å²) >= 11 is 0. The number of ether oxygens (including phenoxy) is 2. The fraction of sp³-hybridized carbons (Fsp3) is 0.947. The van der Waals surface area contributed by atoms with Crippen molar-refractivity contribution >= 4 is 19.8 Å². The number of unbranched alkanes of at least 4 members (excludes halogenated alkanes) is 56. The second kappa shape index (κ2) is 67.2. The summed E-state index contributed by atoms with van der Waals surface area (Å²) in [6.07, 6.45) is 83.2. The van der Waals surface area contributed by atoms with E-state index >= 15 is 0 Å². The van der Waals surface area contributed by atoms with Gasteiger partial charge in [-0.2, -0.15) is 0 Å². The van der Waals surface area contributed by atoms with Crippen molar-refractivity contribution in [1.29, 1.82) is 0 Å². The van der Waals surface area contributed by atoms with Gasteiger partial charge in [0.25, 0.3) is 7.82 Å². The van der Waals surface area contributed by atoms with Crippen LogP contribution in [0.5, 0.6) is 0 Å². The number of hydrogen-bond donors (Lipinski definition) is 0. The Morgan fingerprint density at radius 2 is 0.600 bits per heavy atom. The van der Waals surface area contributed by atoms with Crippen LogP contribution in [0.2, 0.25) is 0 Å². The third-order valence-corrected chi connectivity index (χ3v) is 18.5. The lowest BCUT2D eigenvalue weighted by Gasteiger charge is -2.28. The zero-order valence-corrected chi connectivity index (χ0v) is 58.7. The largest absolute Gasteiger partial charge is 0.756 e. The summed E-state index contributed by atoms with van der Waals surface area (Å²) in [5.74, 6) is -0.805. The number of carbonyl (C=O) groups is 2. The lowest BCUT2D eigenvalue weighted by atomic mass is 10.0. The monoisotopic (exact) mass is 1220 g/mol. The third-order valence-electron chi connectivity index (χ3n) is 17.5. The predicted molar refractivity (Wildman–Crippen MR) is 365 cm³/mol. The number of allylic oxidation sites excluding steroid dienone is 2. The lowest BCUT2D eigenvalue weighted by Crippen LogP contribution is -2.37. The van der Waals surface area contributed by atoms with E-state index in [0.717, 1.165) is 32.1 Å². The van der Waals surface area contributed by atoms with Gasteiger partial charge in [0.1, 0.15) is 19.8 Å². The minimum Gasteiger partial charge on any atom is -0.756 e. The highest BCUT2D eigenvalue weighted by atomic mass is 31.2. The predicted octanol–water partition coefficient (Wildman–Crippen LogP) is 24.0. The number of quaternary nitrogens is 1. The Morgan fingerprint density at radius 1 is 0.353 bits per heavy atom. The van der Waals surface area contributed by atoms with Crippen molar-refractivity contribution < 1.29 is 42.1 Å². The number of carbonyl (C=O) groups excluding carboxylic acids is 2. The summed E-state index contributed by atoms with van der Waals surface area (Å²) in [6, 6.07) is 0. The summed E-state index contributed by atoms with van der Waals surface area (Å²) < 4.78 is 34.4. The number of esters is 2. The smallest absolute Gasteiger partial charge is 0.306 e. The van der Waals surface area contributed by atoms with Crippen molar-refractivity contribution in [2.45, 2.75) is 412 Å². The summed E-state index contributed by atoms with van der Waals surface area (Å²) in [7, 11) is 1.19. The number of phosphoric ester groups is 1. The molecule has 0 aromatic rings. The lowest BCUT2D eigenvalue weighted by molar-refractivity contribution is -0.870. The van der Waals surface area contributed by atoms with Gasteiger partial charge in [0.15, 0.2) is 6.10 Å². The van der Waals surface area contributed by atoms with E-state index in [2.05, 4.69) is 26.0 Å². The van der Waals surface area contributed by atoms with Gasteiger partial charge >= 0.3 is 11.9 Å². The Hall–Kier alpha value is -1.25. The van der Waals surface area contributed by atoms with Crippen molar-refractivity contribution in [2.75, 3.05) is 47.5 Å². The molecule has 0 saturated heterocycles. The fourth-order valence-corrected chi connectivity index (χ4v) is 12.4. The van der Waals surface area contributed by atoms with Crippen molar-refractivity contribution in [3.8, 4) is 0 Å². The average molecular weight is 1220 g/mol. The van der Waals surface area contributed by atoms with Crippen LogP contribution in [0.15, 0.2) is 12.2 Å². The first kappa shape index (κ1) is 83.8. The Morgan fingerprint density at radius 3 is 0.871 bits per heavy atom. The molecule has 2 atom stereocenters. The minimum atomic E-state index is -4.64. The van der Waals surface area contributed by atoms with E-state index in [9.17, 15) is 19.0 Å². The zero-order valence-electron chi connectivity index (χ0n) is 57.9. The topological polar surface area (TPSA) is 111 Å². The zero-order chi connectivity index (χ0) is 61.9. The highest BCUT2D eigenvalue weighted by Crippen LogP contribution is 2.38. The maximum atomic E-state index is 12.9. The molecule has 10 heteroatoms. The van der Waals surface area contributed by atoms with Crippen LogP contribution in [0.4, 0.5) is 0 Å². The van der Waals surface area contributed by atoms with Crippen LogP contribution in [0, 0.1) is 0 Å². The van der Waals surface area contributed by atoms with Gasteiger partial charge in [-0.05, 0) is 38.5 Å². The van der Waals surface area contributed by atoms with E-state index in [1.807, 2.05) is 21.1 Å². The molecule has 0 aromatic carbocycles. The molecular weight excluding hydrogens is 1070 g/mol. The van der Waals surface area contributed by atoms with Gasteiger partial charge in [0, 0.05) is 12.8 Å². The molecule has 85 heavy (non-hydrogen) atoms. The van der Waals surface area contributed by atoms with Crippen molar-refractivity contribution in [3.63, 3.8) is 0 Å². The van der Waals surface area contributed by atoms with E-state index in [0.29, 0.717) is 17.4 Å². The van der Waals surface area contributed by atoms with Gasteiger partial charge in [0.2, 0.25) is 0 Å². The first-order chi connectivity index (χ1) is 41.5. The number of phosphoric acid groups is 1. The molecule has 506 valence electrons. The normalized spacial score (nSPS) is 13.1. The van der Waals surface area contributed by atoms with Crippen LogP contribution in [0.3, 0.4) is 0 Å². The van der Waals surface area contributed by atoms with E-state index in [1.54, 1.807) is 0 Å². The quantitative estimate of drug-likeness (QED) is 0.0195. The average Bonchev–Trinajstić information content (AvgIpc) is 3.50. The summed E-state index contributed by atoms with van der Waals surface area (Å²) in [6.45, 7) is 4.33. The molecule has 0 bridgehead atoms. The Kier molecular flexibility index (Phi) is 66.2. The minimum absolute atomic E-state index is 0.0259. The molecule has 0 aromatic heterocycles. The molecular formula is C75H148NO8P. The maximum absolute atomic E-state index is 12.9. The number of rotatable bonds is 72. The van der Waals surface area contributed by atoms with E-state index in [4.69, 9.17) is 18.5 Å². The molecule has 0 aliphatic carbocycles. The molecule has 0 spiro atoms. The first-order valence-corrected chi connectivity index (χ1v) is 39.4. The Bertz CT molecular complexity index is 1440. The highest BCUT2D eigenvalue weighted by molar-refractivity contribution is 7.45. The molecule has 0 radical (unpaired) electrons. The van der Waals surface area contributed by atoms with Crippen LogP contribution in [0.25, 0.3) is 0 Å². The highest BCUT2D eigenvalue weighted by Gasteiger charge is 2.22. The first-order valence-electron chi connectivity index (χ1n) is 37.9. The van der Waals surface area contributed by atoms with Crippen LogP contribution in [-0.2, 0) is 32.7 Å². The Labute approximate surface area is 530 Å². The molecule has 0 amide bonds. The third kappa shape index (κ3) is 71.7. The van der Waals surface area contributed by atoms with E-state index in [-0.39, 0.29) is 32.0 Å². The molecule has 9 nitrogen and oxygen atoms in total. The van der Waals surface area contributed by atoms with Gasteiger partial charge in [0.05, 0.1) is 27.7 Å². The van der Waals surface area contributed by atoms with Crippen LogP contribution in [-0.4, -0.2) is 70.0 Å². The van der Waals surface area contributed by atoms with Gasteiger partial charge in [-0.15, -0.1) is 0 Å². The molecule has 2 unspecified atom stereocenters. The molecule has 0 heterocycles. The fourth-order valence-electron chi connectivity index (χ4n) is 11.7.